The van der Waals surface area contributed by atoms with Crippen LogP contribution in [-0.4, -0.2) is 23.4 Å². The summed E-state index contributed by atoms with van der Waals surface area (Å²) in [4.78, 5) is 25.8. The summed E-state index contributed by atoms with van der Waals surface area (Å²) in [5.74, 6) is -0.174. The van der Waals surface area contributed by atoms with E-state index in [0.717, 1.165) is 0 Å². The van der Waals surface area contributed by atoms with E-state index in [0.29, 0.717) is 16.5 Å². The zero-order valence-corrected chi connectivity index (χ0v) is 11.8. The van der Waals surface area contributed by atoms with E-state index in [1.807, 2.05) is 0 Å². The van der Waals surface area contributed by atoms with Gasteiger partial charge in [0, 0.05) is 11.2 Å². The Morgan fingerprint density at radius 1 is 1.19 bits per heavy atom. The van der Waals surface area contributed by atoms with Crippen molar-refractivity contribution in [3.8, 4) is 5.75 Å². The quantitative estimate of drug-likeness (QED) is 0.738. The highest BCUT2D eigenvalue weighted by atomic mass is 35.5. The third kappa shape index (κ3) is 4.85. The minimum atomic E-state index is -0.413. The fraction of sp³-hybridized carbons (Fsp3) is 0.143. The molecule has 0 bridgehead atoms. The Kier molecular flexibility index (Phi) is 5.22. The molecule has 1 aromatic heterocycles. The van der Waals surface area contributed by atoms with Crippen molar-refractivity contribution in [3.05, 3.63) is 53.3 Å². The lowest BCUT2D eigenvalue weighted by atomic mass is 10.3. The van der Waals surface area contributed by atoms with Gasteiger partial charge in [-0.1, -0.05) is 17.7 Å². The van der Waals surface area contributed by atoms with E-state index in [-0.39, 0.29) is 18.9 Å². The number of hydrogen-bond donors (Lipinski definition) is 3. The van der Waals surface area contributed by atoms with Gasteiger partial charge in [-0.05, 0) is 30.3 Å². The Bertz CT molecular complexity index is 614. The lowest BCUT2D eigenvalue weighted by molar-refractivity contribution is -0.122. The minimum absolute atomic E-state index is 0.109. The van der Waals surface area contributed by atoms with E-state index in [4.69, 9.17) is 16.3 Å². The van der Waals surface area contributed by atoms with Crippen LogP contribution < -0.4 is 15.6 Å². The fourth-order valence-electron chi connectivity index (χ4n) is 1.55. The lowest BCUT2D eigenvalue weighted by Crippen LogP contribution is -2.42. The number of aromatic amines is 1. The number of benzene rings is 1. The molecule has 21 heavy (non-hydrogen) atoms. The number of carbonyl (C=O) groups excluding carboxylic acids is 2. The highest BCUT2D eigenvalue weighted by molar-refractivity contribution is 6.30. The molecule has 1 heterocycles. The number of hydrogen-bond acceptors (Lipinski definition) is 3. The van der Waals surface area contributed by atoms with Crippen LogP contribution in [0.15, 0.2) is 42.6 Å². The Labute approximate surface area is 126 Å². The molecule has 0 aliphatic carbocycles. The van der Waals surface area contributed by atoms with Gasteiger partial charge >= 0.3 is 0 Å². The third-order valence-corrected chi connectivity index (χ3v) is 2.79. The second-order valence-corrected chi connectivity index (χ2v) is 4.58. The van der Waals surface area contributed by atoms with Crippen molar-refractivity contribution in [2.45, 2.75) is 6.42 Å². The molecule has 0 atom stereocenters. The second-order valence-electron chi connectivity index (χ2n) is 4.14. The molecule has 0 saturated heterocycles. The molecular formula is C14H14ClN3O3. The van der Waals surface area contributed by atoms with Crippen LogP contribution in [-0.2, 0) is 4.79 Å². The Morgan fingerprint density at radius 2 is 2.05 bits per heavy atom. The SMILES string of the molecule is O=C(CCOc1cccc(Cl)c1)NNC(=O)c1ccc[nH]1. The maximum absolute atomic E-state index is 11.5. The van der Waals surface area contributed by atoms with E-state index < -0.39 is 5.91 Å². The summed E-state index contributed by atoms with van der Waals surface area (Å²) < 4.78 is 5.37. The van der Waals surface area contributed by atoms with Crippen LogP contribution in [0.5, 0.6) is 5.75 Å². The van der Waals surface area contributed by atoms with Crippen LogP contribution in [0.4, 0.5) is 0 Å². The van der Waals surface area contributed by atoms with E-state index in [2.05, 4.69) is 15.8 Å². The molecule has 0 fully saturated rings. The van der Waals surface area contributed by atoms with Crippen LogP contribution in [0.1, 0.15) is 16.9 Å². The lowest BCUT2D eigenvalue weighted by Gasteiger charge is -2.08. The van der Waals surface area contributed by atoms with Crippen molar-refractivity contribution in [2.75, 3.05) is 6.61 Å². The number of aromatic nitrogens is 1. The monoisotopic (exact) mass is 307 g/mol. The standard InChI is InChI=1S/C14H14ClN3O3/c15-10-3-1-4-11(9-10)21-8-6-13(19)17-18-14(20)12-5-2-7-16-12/h1-5,7,9,16H,6,8H2,(H,17,19)(H,18,20). The average Bonchev–Trinajstić information content (AvgIpc) is 2.99. The summed E-state index contributed by atoms with van der Waals surface area (Å²) in [7, 11) is 0. The largest absolute Gasteiger partial charge is 0.493 e. The third-order valence-electron chi connectivity index (χ3n) is 2.55. The number of hydrazine groups is 1. The number of H-pyrrole nitrogens is 1. The van der Waals surface area contributed by atoms with E-state index >= 15 is 0 Å². The first-order valence-corrected chi connectivity index (χ1v) is 6.64. The molecule has 2 amide bonds. The smallest absolute Gasteiger partial charge is 0.286 e. The predicted molar refractivity (Wildman–Crippen MR) is 78.0 cm³/mol. The van der Waals surface area contributed by atoms with Gasteiger partial charge in [-0.15, -0.1) is 0 Å². The van der Waals surface area contributed by atoms with Crippen molar-refractivity contribution in [1.82, 2.24) is 15.8 Å². The summed E-state index contributed by atoms with van der Waals surface area (Å²) in [5.41, 5.74) is 4.97. The summed E-state index contributed by atoms with van der Waals surface area (Å²) in [6.07, 6.45) is 1.73. The first kappa shape index (κ1) is 14.9. The van der Waals surface area contributed by atoms with E-state index in [1.165, 1.54) is 0 Å². The molecule has 0 unspecified atom stereocenters. The highest BCUT2D eigenvalue weighted by Gasteiger charge is 2.07. The van der Waals surface area contributed by atoms with E-state index in [9.17, 15) is 9.59 Å². The first-order valence-electron chi connectivity index (χ1n) is 6.26. The molecule has 2 rings (SSSR count). The number of rotatable bonds is 5. The van der Waals surface area contributed by atoms with Gasteiger partial charge < -0.3 is 9.72 Å². The van der Waals surface area contributed by atoms with Crippen molar-refractivity contribution >= 4 is 23.4 Å². The minimum Gasteiger partial charge on any atom is -0.493 e. The predicted octanol–water partition coefficient (Wildman–Crippen LogP) is 1.90. The summed E-state index contributed by atoms with van der Waals surface area (Å²) >= 11 is 5.81. The van der Waals surface area contributed by atoms with Gasteiger partial charge in [-0.2, -0.15) is 0 Å². The molecule has 0 aliphatic heterocycles. The van der Waals surface area contributed by atoms with Crippen molar-refractivity contribution in [2.24, 2.45) is 0 Å². The maximum Gasteiger partial charge on any atom is 0.286 e. The maximum atomic E-state index is 11.5. The molecule has 0 saturated carbocycles. The normalized spacial score (nSPS) is 9.95. The van der Waals surface area contributed by atoms with Gasteiger partial charge in [0.15, 0.2) is 0 Å². The fourth-order valence-corrected chi connectivity index (χ4v) is 1.73. The molecular weight excluding hydrogens is 294 g/mol. The van der Waals surface area contributed by atoms with Gasteiger partial charge in [0.2, 0.25) is 5.91 Å². The highest BCUT2D eigenvalue weighted by Crippen LogP contribution is 2.16. The van der Waals surface area contributed by atoms with Gasteiger partial charge in [0.05, 0.1) is 13.0 Å². The summed E-state index contributed by atoms with van der Waals surface area (Å²) in [6, 6.07) is 10.2. The first-order chi connectivity index (χ1) is 10.1. The number of nitrogens with one attached hydrogen (secondary N) is 3. The molecule has 3 N–H and O–H groups in total. The molecule has 0 radical (unpaired) electrons. The van der Waals surface area contributed by atoms with E-state index in [1.54, 1.807) is 42.6 Å². The van der Waals surface area contributed by atoms with Crippen molar-refractivity contribution < 1.29 is 14.3 Å². The molecule has 0 aliphatic rings. The van der Waals surface area contributed by atoms with Gasteiger partial charge in [0.1, 0.15) is 11.4 Å². The summed E-state index contributed by atoms with van der Waals surface area (Å²) in [6.45, 7) is 0.185. The zero-order chi connectivity index (χ0) is 15.1. The summed E-state index contributed by atoms with van der Waals surface area (Å²) in [5, 5.41) is 0.565. The van der Waals surface area contributed by atoms with Crippen LogP contribution >= 0.6 is 11.6 Å². The van der Waals surface area contributed by atoms with Gasteiger partial charge in [-0.3, -0.25) is 20.4 Å². The Balaban J connectivity index is 1.67. The molecule has 110 valence electrons. The van der Waals surface area contributed by atoms with Crippen molar-refractivity contribution in [1.29, 1.82) is 0 Å². The van der Waals surface area contributed by atoms with Crippen LogP contribution in [0.25, 0.3) is 0 Å². The number of halogens is 1. The van der Waals surface area contributed by atoms with Gasteiger partial charge in [-0.25, -0.2) is 0 Å². The van der Waals surface area contributed by atoms with Crippen LogP contribution in [0, 0.1) is 0 Å². The van der Waals surface area contributed by atoms with Crippen LogP contribution in [0.2, 0.25) is 5.02 Å². The van der Waals surface area contributed by atoms with Crippen LogP contribution in [0.3, 0.4) is 0 Å². The molecule has 2 aromatic rings. The number of ether oxygens (including phenoxy) is 1. The second kappa shape index (κ2) is 7.35. The molecule has 7 heteroatoms. The number of carbonyl (C=O) groups is 2. The van der Waals surface area contributed by atoms with Gasteiger partial charge in [0.25, 0.3) is 5.91 Å². The Morgan fingerprint density at radius 3 is 2.76 bits per heavy atom. The number of amides is 2. The molecule has 6 nitrogen and oxygen atoms in total. The molecule has 1 aromatic carbocycles. The van der Waals surface area contributed by atoms with Crippen molar-refractivity contribution in [3.63, 3.8) is 0 Å². The molecule has 0 spiro atoms. The Hall–Kier alpha value is -2.47. The zero-order valence-electron chi connectivity index (χ0n) is 11.1. The average molecular weight is 308 g/mol. The topological polar surface area (TPSA) is 83.2 Å².